The minimum Gasteiger partial charge on any atom is -0.340 e. The van der Waals surface area contributed by atoms with Crippen LogP contribution in [0.25, 0.3) is 0 Å². The highest BCUT2D eigenvalue weighted by molar-refractivity contribution is 5.76. The molecule has 0 aromatic rings. The lowest BCUT2D eigenvalue weighted by Gasteiger charge is -2.34. The summed E-state index contributed by atoms with van der Waals surface area (Å²) in [6, 6.07) is 0. The third-order valence-electron chi connectivity index (χ3n) is 2.85. The molecule has 88 valence electrons. The van der Waals surface area contributed by atoms with Crippen LogP contribution in [0.5, 0.6) is 0 Å². The van der Waals surface area contributed by atoms with Crippen LogP contribution >= 0.6 is 0 Å². The van der Waals surface area contributed by atoms with Crippen molar-refractivity contribution in [3.05, 3.63) is 0 Å². The maximum atomic E-state index is 11.8. The van der Waals surface area contributed by atoms with Gasteiger partial charge in [-0.1, -0.05) is 20.8 Å². The number of amides is 1. The Balaban J connectivity index is 2.27. The molecule has 1 amide bonds. The summed E-state index contributed by atoms with van der Waals surface area (Å²) in [6.45, 7) is 11.5. The zero-order chi connectivity index (χ0) is 11.3. The Bertz CT molecular complexity index is 196. The molecule has 1 aliphatic rings. The zero-order valence-electron chi connectivity index (χ0n) is 10.3. The molecule has 1 aliphatic heterocycles. The largest absolute Gasteiger partial charge is 0.340 e. The number of hydrogen-bond donors (Lipinski definition) is 0. The summed E-state index contributed by atoms with van der Waals surface area (Å²) >= 11 is 0. The molecule has 1 heterocycles. The number of piperazine rings is 1. The number of hydrogen-bond acceptors (Lipinski definition) is 2. The molecule has 3 heteroatoms. The van der Waals surface area contributed by atoms with Gasteiger partial charge < -0.3 is 4.90 Å². The summed E-state index contributed by atoms with van der Waals surface area (Å²) in [5.41, 5.74) is 0. The van der Waals surface area contributed by atoms with E-state index in [0.29, 0.717) is 18.2 Å². The number of carbonyl (C=O) groups is 1. The normalized spacial score (nSPS) is 18.5. The van der Waals surface area contributed by atoms with E-state index in [9.17, 15) is 4.79 Å². The third-order valence-corrected chi connectivity index (χ3v) is 2.85. The lowest BCUT2D eigenvalue weighted by Crippen LogP contribution is -2.48. The number of nitrogens with zero attached hydrogens (tertiary/aromatic N) is 2. The number of rotatable bonds is 4. The molecule has 0 saturated carbocycles. The summed E-state index contributed by atoms with van der Waals surface area (Å²) < 4.78 is 0. The highest BCUT2D eigenvalue weighted by Crippen LogP contribution is 2.08. The Labute approximate surface area is 93.4 Å². The average molecular weight is 212 g/mol. The Kier molecular flexibility index (Phi) is 5.09. The highest BCUT2D eigenvalue weighted by Gasteiger charge is 2.20. The molecule has 1 fully saturated rings. The van der Waals surface area contributed by atoms with Gasteiger partial charge in [-0.15, -0.1) is 0 Å². The molecule has 0 radical (unpaired) electrons. The van der Waals surface area contributed by atoms with Gasteiger partial charge in [0.25, 0.3) is 0 Å². The second-order valence-corrected chi connectivity index (χ2v) is 4.82. The summed E-state index contributed by atoms with van der Waals surface area (Å²) in [5, 5.41) is 0. The molecule has 0 aliphatic carbocycles. The predicted octanol–water partition coefficient (Wildman–Crippen LogP) is 1.59. The number of carbonyl (C=O) groups excluding carboxylic acids is 1. The van der Waals surface area contributed by atoms with Crippen molar-refractivity contribution in [1.82, 2.24) is 9.80 Å². The fourth-order valence-electron chi connectivity index (χ4n) is 2.02. The van der Waals surface area contributed by atoms with Crippen molar-refractivity contribution < 1.29 is 4.79 Å². The quantitative estimate of drug-likeness (QED) is 0.706. The second-order valence-electron chi connectivity index (χ2n) is 4.82. The van der Waals surface area contributed by atoms with Gasteiger partial charge in [-0.05, 0) is 18.9 Å². The van der Waals surface area contributed by atoms with Gasteiger partial charge in [0.15, 0.2) is 0 Å². The van der Waals surface area contributed by atoms with Crippen molar-refractivity contribution in [3.8, 4) is 0 Å². The van der Waals surface area contributed by atoms with Crippen LogP contribution in [-0.4, -0.2) is 48.4 Å². The fraction of sp³-hybridized carbons (Fsp3) is 0.917. The van der Waals surface area contributed by atoms with Gasteiger partial charge >= 0.3 is 0 Å². The van der Waals surface area contributed by atoms with Crippen molar-refractivity contribution in [2.75, 3.05) is 32.7 Å². The smallest absolute Gasteiger partial charge is 0.222 e. The van der Waals surface area contributed by atoms with Crippen LogP contribution in [0.4, 0.5) is 0 Å². The van der Waals surface area contributed by atoms with Crippen LogP contribution in [0, 0.1) is 5.92 Å². The van der Waals surface area contributed by atoms with Crippen molar-refractivity contribution in [3.63, 3.8) is 0 Å². The van der Waals surface area contributed by atoms with Crippen molar-refractivity contribution in [1.29, 1.82) is 0 Å². The summed E-state index contributed by atoms with van der Waals surface area (Å²) in [4.78, 5) is 16.2. The highest BCUT2D eigenvalue weighted by atomic mass is 16.2. The van der Waals surface area contributed by atoms with Crippen LogP contribution in [0.1, 0.15) is 33.6 Å². The molecular weight excluding hydrogens is 188 g/mol. The van der Waals surface area contributed by atoms with Gasteiger partial charge in [0.2, 0.25) is 5.91 Å². The van der Waals surface area contributed by atoms with Crippen LogP contribution < -0.4 is 0 Å². The summed E-state index contributed by atoms with van der Waals surface area (Å²) in [5.74, 6) is 0.812. The van der Waals surface area contributed by atoms with Gasteiger partial charge in [-0.2, -0.15) is 0 Å². The van der Waals surface area contributed by atoms with Crippen molar-refractivity contribution >= 4 is 5.91 Å². The first kappa shape index (κ1) is 12.5. The molecule has 0 bridgehead atoms. The maximum Gasteiger partial charge on any atom is 0.222 e. The fourth-order valence-corrected chi connectivity index (χ4v) is 2.02. The first-order chi connectivity index (χ1) is 7.13. The van der Waals surface area contributed by atoms with E-state index in [-0.39, 0.29) is 0 Å². The minimum absolute atomic E-state index is 0.334. The van der Waals surface area contributed by atoms with Crippen LogP contribution in [-0.2, 0) is 4.79 Å². The third kappa shape index (κ3) is 4.20. The molecular formula is C12H24N2O. The second kappa shape index (κ2) is 6.11. The molecule has 0 aromatic heterocycles. The molecule has 1 rings (SSSR count). The van der Waals surface area contributed by atoms with E-state index in [1.54, 1.807) is 0 Å². The minimum atomic E-state index is 0.334. The van der Waals surface area contributed by atoms with E-state index in [4.69, 9.17) is 0 Å². The average Bonchev–Trinajstić information content (AvgIpc) is 2.18. The summed E-state index contributed by atoms with van der Waals surface area (Å²) in [7, 11) is 0. The first-order valence-corrected chi connectivity index (χ1v) is 6.13. The zero-order valence-corrected chi connectivity index (χ0v) is 10.3. The van der Waals surface area contributed by atoms with Crippen LogP contribution in [0.3, 0.4) is 0 Å². The van der Waals surface area contributed by atoms with E-state index >= 15 is 0 Å². The van der Waals surface area contributed by atoms with Crippen LogP contribution in [0.15, 0.2) is 0 Å². The van der Waals surface area contributed by atoms with Crippen molar-refractivity contribution in [2.24, 2.45) is 5.92 Å². The van der Waals surface area contributed by atoms with Crippen LogP contribution in [0.2, 0.25) is 0 Å². The predicted molar refractivity (Wildman–Crippen MR) is 62.8 cm³/mol. The van der Waals surface area contributed by atoms with E-state index in [1.807, 2.05) is 4.90 Å². The van der Waals surface area contributed by atoms with E-state index in [0.717, 1.165) is 26.2 Å². The van der Waals surface area contributed by atoms with Crippen molar-refractivity contribution in [2.45, 2.75) is 33.6 Å². The topological polar surface area (TPSA) is 23.6 Å². The first-order valence-electron chi connectivity index (χ1n) is 6.13. The summed E-state index contributed by atoms with van der Waals surface area (Å²) in [6.07, 6.45) is 1.91. The van der Waals surface area contributed by atoms with Gasteiger partial charge in [-0.3, -0.25) is 9.69 Å². The maximum absolute atomic E-state index is 11.8. The van der Waals surface area contributed by atoms with Gasteiger partial charge in [0.05, 0.1) is 0 Å². The van der Waals surface area contributed by atoms with E-state index < -0.39 is 0 Å². The molecule has 0 atom stereocenters. The van der Waals surface area contributed by atoms with E-state index in [2.05, 4.69) is 25.7 Å². The monoisotopic (exact) mass is 212 g/mol. The molecule has 0 aromatic carbocycles. The van der Waals surface area contributed by atoms with E-state index in [1.165, 1.54) is 13.0 Å². The Hall–Kier alpha value is -0.570. The molecule has 15 heavy (non-hydrogen) atoms. The standard InChI is InChI=1S/C12H24N2O/c1-4-5-13-6-8-14(9-7-13)12(15)10-11(2)3/h11H,4-10H2,1-3H3. The molecule has 1 saturated heterocycles. The Morgan fingerprint density at radius 1 is 1.20 bits per heavy atom. The van der Waals surface area contributed by atoms with Gasteiger partial charge in [0.1, 0.15) is 0 Å². The molecule has 0 N–H and O–H groups in total. The molecule has 0 unspecified atom stereocenters. The SMILES string of the molecule is CCCN1CCN(C(=O)CC(C)C)CC1. The Morgan fingerprint density at radius 2 is 1.80 bits per heavy atom. The lowest BCUT2D eigenvalue weighted by atomic mass is 10.1. The van der Waals surface area contributed by atoms with Gasteiger partial charge in [0, 0.05) is 32.6 Å². The molecule has 0 spiro atoms. The lowest BCUT2D eigenvalue weighted by molar-refractivity contribution is -0.133. The molecule has 3 nitrogen and oxygen atoms in total. The van der Waals surface area contributed by atoms with Gasteiger partial charge in [-0.25, -0.2) is 0 Å². The Morgan fingerprint density at radius 3 is 2.27 bits per heavy atom.